The molecule has 2 amide bonds. The van der Waals surface area contributed by atoms with Gasteiger partial charge in [-0.3, -0.25) is 18.7 Å². The lowest BCUT2D eigenvalue weighted by Gasteiger charge is -2.25. The lowest BCUT2D eigenvalue weighted by Crippen LogP contribution is -2.37. The van der Waals surface area contributed by atoms with E-state index in [9.17, 15) is 22.8 Å². The highest BCUT2D eigenvalue weighted by Gasteiger charge is 2.30. The zero-order chi connectivity index (χ0) is 31.1. The number of unbranched alkanes of at least 4 members (excludes halogenated alkanes) is 1. The van der Waals surface area contributed by atoms with Gasteiger partial charge in [0.15, 0.2) is 0 Å². The van der Waals surface area contributed by atoms with E-state index in [2.05, 4.69) is 5.32 Å². The second-order valence-corrected chi connectivity index (χ2v) is 12.4. The minimum atomic E-state index is -4.38. The molecule has 0 spiro atoms. The van der Waals surface area contributed by atoms with Gasteiger partial charge in [-0.05, 0) is 59.8 Å². The number of esters is 1. The number of nitrogens with one attached hydrogen (secondary N) is 1. The van der Waals surface area contributed by atoms with Crippen LogP contribution in [0.15, 0.2) is 83.8 Å². The average molecular weight is 643 g/mol. The number of fused-ring (bicyclic) bond motifs is 1. The summed E-state index contributed by atoms with van der Waals surface area (Å²) in [7, 11) is -4.38. The Bertz CT molecular complexity index is 1780. The largest absolute Gasteiger partial charge is 0.464 e. The molecule has 9 nitrogen and oxygen atoms in total. The third kappa shape index (κ3) is 7.64. The summed E-state index contributed by atoms with van der Waals surface area (Å²) in [5, 5.41) is 3.90. The molecule has 224 valence electrons. The number of carbonyl (C=O) groups is 3. The minimum absolute atomic E-state index is 0.106. The molecule has 0 heterocycles. The van der Waals surface area contributed by atoms with Crippen LogP contribution in [-0.4, -0.2) is 39.4 Å². The van der Waals surface area contributed by atoms with E-state index >= 15 is 0 Å². The zero-order valence-corrected chi connectivity index (χ0v) is 25.5. The molecule has 4 aromatic rings. The van der Waals surface area contributed by atoms with E-state index < -0.39 is 34.4 Å². The molecule has 0 radical (unpaired) electrons. The normalized spacial score (nSPS) is 11.2. The summed E-state index contributed by atoms with van der Waals surface area (Å²) in [4.78, 5) is 37.5. The van der Waals surface area contributed by atoms with Crippen molar-refractivity contribution in [2.75, 3.05) is 17.5 Å². The van der Waals surface area contributed by atoms with Crippen LogP contribution in [0.1, 0.15) is 46.0 Å². The monoisotopic (exact) mass is 641 g/mol. The van der Waals surface area contributed by atoms with Crippen LogP contribution < -0.4 is 15.4 Å². The van der Waals surface area contributed by atoms with Crippen molar-refractivity contribution in [2.45, 2.75) is 31.2 Å². The molecular formula is C31H29Cl2N3O6S. The molecule has 0 bridgehead atoms. The van der Waals surface area contributed by atoms with Crippen molar-refractivity contribution in [3.05, 3.63) is 106 Å². The molecule has 4 rings (SSSR count). The van der Waals surface area contributed by atoms with Crippen LogP contribution in [0.25, 0.3) is 10.8 Å². The predicted molar refractivity (Wildman–Crippen MR) is 167 cm³/mol. The Balaban J connectivity index is 1.74. The van der Waals surface area contributed by atoms with Gasteiger partial charge in [0, 0.05) is 33.1 Å². The predicted octanol–water partition coefficient (Wildman–Crippen LogP) is 5.71. The fourth-order valence-electron chi connectivity index (χ4n) is 4.42. The first kappa shape index (κ1) is 31.8. The number of rotatable bonds is 12. The summed E-state index contributed by atoms with van der Waals surface area (Å²) in [6, 6.07) is 20.2. The molecule has 0 aliphatic carbocycles. The van der Waals surface area contributed by atoms with Gasteiger partial charge in [0.2, 0.25) is 5.91 Å². The Morgan fingerprint density at radius 3 is 2.28 bits per heavy atom. The molecule has 0 aliphatic heterocycles. The van der Waals surface area contributed by atoms with E-state index in [1.165, 1.54) is 18.2 Å². The van der Waals surface area contributed by atoms with Gasteiger partial charge in [-0.1, -0.05) is 72.9 Å². The van der Waals surface area contributed by atoms with Crippen molar-refractivity contribution >= 4 is 67.5 Å². The van der Waals surface area contributed by atoms with Gasteiger partial charge in [0.1, 0.15) is 6.54 Å². The molecule has 4 aromatic carbocycles. The van der Waals surface area contributed by atoms with E-state index in [1.807, 2.05) is 6.92 Å². The highest BCUT2D eigenvalue weighted by molar-refractivity contribution is 7.93. The number of nitrogens with two attached hydrogens (primary N) is 1. The van der Waals surface area contributed by atoms with Gasteiger partial charge >= 0.3 is 5.97 Å². The van der Waals surface area contributed by atoms with Crippen molar-refractivity contribution < 1.29 is 27.5 Å². The second kappa shape index (κ2) is 13.9. The fourth-order valence-corrected chi connectivity index (χ4v) is 6.57. The van der Waals surface area contributed by atoms with Crippen LogP contribution in [-0.2, 0) is 26.1 Å². The van der Waals surface area contributed by atoms with Crippen LogP contribution in [0.4, 0.5) is 5.69 Å². The smallest absolute Gasteiger partial charge is 0.326 e. The number of primary amides is 1. The highest BCUT2D eigenvalue weighted by atomic mass is 35.5. The number of hydrogen-bond acceptors (Lipinski definition) is 6. The van der Waals surface area contributed by atoms with Gasteiger partial charge < -0.3 is 15.8 Å². The first-order valence-corrected chi connectivity index (χ1v) is 15.5. The highest BCUT2D eigenvalue weighted by Crippen LogP contribution is 2.34. The van der Waals surface area contributed by atoms with Crippen molar-refractivity contribution in [1.82, 2.24) is 5.32 Å². The molecule has 0 aromatic heterocycles. The maximum Gasteiger partial charge on any atom is 0.326 e. The minimum Gasteiger partial charge on any atom is -0.464 e. The quantitative estimate of drug-likeness (QED) is 0.150. The molecule has 12 heteroatoms. The molecule has 0 fully saturated rings. The summed E-state index contributed by atoms with van der Waals surface area (Å²) < 4.78 is 34.2. The summed E-state index contributed by atoms with van der Waals surface area (Å²) >= 11 is 12.2. The van der Waals surface area contributed by atoms with Crippen molar-refractivity contribution in [3.8, 4) is 0 Å². The van der Waals surface area contributed by atoms with E-state index in [1.54, 1.807) is 60.7 Å². The Kier molecular flexibility index (Phi) is 10.3. The van der Waals surface area contributed by atoms with Crippen molar-refractivity contribution in [1.29, 1.82) is 0 Å². The van der Waals surface area contributed by atoms with Gasteiger partial charge in [-0.2, -0.15) is 0 Å². The average Bonchev–Trinajstić information content (AvgIpc) is 2.98. The second-order valence-electron chi connectivity index (χ2n) is 9.62. The van der Waals surface area contributed by atoms with Gasteiger partial charge in [0.05, 0.1) is 17.2 Å². The van der Waals surface area contributed by atoms with E-state index in [0.717, 1.165) is 10.7 Å². The van der Waals surface area contributed by atoms with E-state index in [0.29, 0.717) is 28.3 Å². The first-order chi connectivity index (χ1) is 20.5. The Morgan fingerprint density at radius 2 is 1.58 bits per heavy atom. The molecule has 3 N–H and O–H groups in total. The summed E-state index contributed by atoms with van der Waals surface area (Å²) in [5.74, 6) is -1.75. The van der Waals surface area contributed by atoms with Gasteiger partial charge in [-0.25, -0.2) is 8.42 Å². The Morgan fingerprint density at radius 1 is 0.907 bits per heavy atom. The third-order valence-corrected chi connectivity index (χ3v) is 8.71. The number of sulfonamides is 1. The number of hydrogen-bond donors (Lipinski definition) is 2. The zero-order valence-electron chi connectivity index (χ0n) is 23.2. The first-order valence-electron chi connectivity index (χ1n) is 13.3. The molecular weight excluding hydrogens is 613 g/mol. The number of carbonyl (C=O) groups excluding carboxylic acids is 3. The maximum atomic E-state index is 14.0. The fraction of sp³-hybridized carbons (Fsp3) is 0.194. The van der Waals surface area contributed by atoms with Crippen LogP contribution in [0.3, 0.4) is 0 Å². The molecule has 0 saturated heterocycles. The van der Waals surface area contributed by atoms with Crippen molar-refractivity contribution in [3.63, 3.8) is 0 Å². The standard InChI is InChI=1S/C31H29Cl2N3O6S/c1-2-3-13-42-29(37)19-36(43(40,41)24-16-22(32)15-23(33)17-24)28-12-6-9-25-26(28)10-5-11-27(25)31(39)35-18-20-7-4-8-21(14-20)30(34)38/h4-12,14-17H,2-3,13,18-19H2,1H3,(H2,34,38)(H,35,39). The lowest BCUT2D eigenvalue weighted by molar-refractivity contribution is -0.141. The number of ether oxygens (including phenoxy) is 1. The maximum absolute atomic E-state index is 14.0. The number of amides is 2. The van der Waals surface area contributed by atoms with Crippen molar-refractivity contribution in [2.24, 2.45) is 5.73 Å². The van der Waals surface area contributed by atoms with E-state index in [4.69, 9.17) is 33.7 Å². The van der Waals surface area contributed by atoms with Gasteiger partial charge in [-0.15, -0.1) is 0 Å². The van der Waals surface area contributed by atoms with Crippen LogP contribution in [0.2, 0.25) is 10.0 Å². The van der Waals surface area contributed by atoms with Crippen LogP contribution >= 0.6 is 23.2 Å². The van der Waals surface area contributed by atoms with Crippen LogP contribution in [0.5, 0.6) is 0 Å². The third-order valence-electron chi connectivity index (χ3n) is 6.53. The van der Waals surface area contributed by atoms with Crippen LogP contribution in [0, 0.1) is 0 Å². The molecule has 0 atom stereocenters. The Labute approximate surface area is 259 Å². The summed E-state index contributed by atoms with van der Waals surface area (Å²) in [5.41, 5.74) is 6.78. The molecule has 43 heavy (non-hydrogen) atoms. The molecule has 0 saturated carbocycles. The molecule has 0 unspecified atom stereocenters. The van der Waals surface area contributed by atoms with E-state index in [-0.39, 0.29) is 39.3 Å². The Hall–Kier alpha value is -4.12. The number of anilines is 1. The number of halogens is 2. The molecule has 0 aliphatic rings. The number of nitrogens with zero attached hydrogens (tertiary/aromatic N) is 1. The van der Waals surface area contributed by atoms with Gasteiger partial charge in [0.25, 0.3) is 15.9 Å². The SMILES string of the molecule is CCCCOC(=O)CN(c1cccc2c(C(=O)NCc3cccc(C(N)=O)c3)cccc12)S(=O)(=O)c1cc(Cl)cc(Cl)c1. The lowest BCUT2D eigenvalue weighted by atomic mass is 10.0. The topological polar surface area (TPSA) is 136 Å². The number of benzene rings is 4. The summed E-state index contributed by atoms with van der Waals surface area (Å²) in [6.45, 7) is 1.58. The summed E-state index contributed by atoms with van der Waals surface area (Å²) in [6.07, 6.45) is 1.42.